The lowest BCUT2D eigenvalue weighted by molar-refractivity contribution is 0.228. The molecule has 0 aliphatic carbocycles. The molecule has 17 heavy (non-hydrogen) atoms. The summed E-state index contributed by atoms with van der Waals surface area (Å²) >= 11 is 0. The van der Waals surface area contributed by atoms with E-state index in [1.165, 1.54) is 11.3 Å². The van der Waals surface area contributed by atoms with Gasteiger partial charge in [0.1, 0.15) is 11.9 Å². The van der Waals surface area contributed by atoms with Gasteiger partial charge in [0.25, 0.3) is 0 Å². The summed E-state index contributed by atoms with van der Waals surface area (Å²) in [5.74, 6) is 1.08. The predicted octanol–water partition coefficient (Wildman–Crippen LogP) is 1.94. The first-order valence-corrected chi connectivity index (χ1v) is 6.57. The van der Waals surface area contributed by atoms with Gasteiger partial charge in [-0.1, -0.05) is 13.0 Å². The monoisotopic (exact) mass is 232 g/mol. The molecular weight excluding hydrogens is 212 g/mol. The lowest BCUT2D eigenvalue weighted by Crippen LogP contribution is -2.26. The first kappa shape index (κ1) is 10.9. The molecular formula is C14H20N2O. The molecule has 0 aromatic heterocycles. The van der Waals surface area contributed by atoms with Crippen LogP contribution < -0.4 is 15.4 Å². The van der Waals surface area contributed by atoms with Crippen molar-refractivity contribution in [3.05, 3.63) is 23.8 Å². The van der Waals surface area contributed by atoms with E-state index in [-0.39, 0.29) is 0 Å². The van der Waals surface area contributed by atoms with Gasteiger partial charge < -0.3 is 15.4 Å². The Morgan fingerprint density at radius 1 is 1.47 bits per heavy atom. The number of hydrogen-bond donors (Lipinski definition) is 1. The second kappa shape index (κ2) is 4.22. The van der Waals surface area contributed by atoms with Gasteiger partial charge in [0.15, 0.2) is 0 Å². The van der Waals surface area contributed by atoms with E-state index in [2.05, 4.69) is 30.0 Å². The Morgan fingerprint density at radius 3 is 3.06 bits per heavy atom. The Morgan fingerprint density at radius 2 is 2.35 bits per heavy atom. The van der Waals surface area contributed by atoms with Crippen molar-refractivity contribution in [1.29, 1.82) is 0 Å². The zero-order chi connectivity index (χ0) is 11.8. The van der Waals surface area contributed by atoms with E-state index in [4.69, 9.17) is 10.5 Å². The van der Waals surface area contributed by atoms with Gasteiger partial charge in [-0.15, -0.1) is 0 Å². The van der Waals surface area contributed by atoms with Crippen LogP contribution in [0.3, 0.4) is 0 Å². The fraction of sp³-hybridized carbons (Fsp3) is 0.571. The number of rotatable bonds is 2. The van der Waals surface area contributed by atoms with Gasteiger partial charge in [0.2, 0.25) is 0 Å². The van der Waals surface area contributed by atoms with Gasteiger partial charge in [-0.2, -0.15) is 0 Å². The second-order valence-corrected chi connectivity index (χ2v) is 5.10. The van der Waals surface area contributed by atoms with Crippen LogP contribution in [0.1, 0.15) is 25.3 Å². The van der Waals surface area contributed by atoms with Crippen molar-refractivity contribution in [3.8, 4) is 5.75 Å². The van der Waals surface area contributed by atoms with Gasteiger partial charge in [-0.3, -0.25) is 0 Å². The van der Waals surface area contributed by atoms with Crippen molar-refractivity contribution in [2.24, 2.45) is 5.73 Å². The molecule has 3 rings (SSSR count). The van der Waals surface area contributed by atoms with Crippen molar-refractivity contribution in [3.63, 3.8) is 0 Å². The highest BCUT2D eigenvalue weighted by atomic mass is 16.5. The van der Waals surface area contributed by atoms with Crippen LogP contribution in [0.5, 0.6) is 5.75 Å². The quantitative estimate of drug-likeness (QED) is 0.847. The summed E-state index contributed by atoms with van der Waals surface area (Å²) in [6.07, 6.45) is 3.59. The molecule has 2 heterocycles. The normalized spacial score (nSPS) is 27.1. The molecule has 0 radical (unpaired) electrons. The van der Waals surface area contributed by atoms with E-state index >= 15 is 0 Å². The number of fused-ring (bicyclic) bond motifs is 1. The van der Waals surface area contributed by atoms with Crippen molar-refractivity contribution in [2.75, 3.05) is 18.0 Å². The number of nitrogens with two attached hydrogens (primary N) is 1. The number of hydrogen-bond acceptors (Lipinski definition) is 3. The summed E-state index contributed by atoms with van der Waals surface area (Å²) in [5.41, 5.74) is 8.71. The molecule has 2 atom stereocenters. The second-order valence-electron chi connectivity index (χ2n) is 5.10. The fourth-order valence-electron chi connectivity index (χ4n) is 2.85. The first-order chi connectivity index (χ1) is 8.28. The summed E-state index contributed by atoms with van der Waals surface area (Å²) in [6, 6.07) is 6.72. The highest BCUT2D eigenvalue weighted by Gasteiger charge is 2.28. The third-order valence-electron chi connectivity index (χ3n) is 3.85. The van der Waals surface area contributed by atoms with E-state index < -0.39 is 0 Å². The first-order valence-electron chi connectivity index (χ1n) is 6.57. The maximum atomic E-state index is 5.99. The fourth-order valence-corrected chi connectivity index (χ4v) is 2.85. The Kier molecular flexibility index (Phi) is 2.71. The molecule has 2 unspecified atom stereocenters. The molecule has 2 aliphatic rings. The van der Waals surface area contributed by atoms with E-state index in [0.29, 0.717) is 12.1 Å². The minimum atomic E-state index is 0.329. The Labute approximate surface area is 103 Å². The third kappa shape index (κ3) is 1.89. The lowest BCUT2D eigenvalue weighted by Gasteiger charge is -2.20. The molecule has 3 heteroatoms. The molecule has 0 bridgehead atoms. The summed E-state index contributed by atoms with van der Waals surface area (Å²) in [7, 11) is 0. The summed E-state index contributed by atoms with van der Waals surface area (Å²) in [5, 5.41) is 0. The standard InChI is InChI=1S/C14H20N2O/c1-2-11-8-12-13(4-3-5-14(12)17-11)16-7-6-10(15)9-16/h3-5,10-11H,2,6-9,15H2,1H3. The number of anilines is 1. The van der Waals surface area contributed by atoms with Crippen LogP contribution in [0.25, 0.3) is 0 Å². The number of nitrogens with zero attached hydrogens (tertiary/aromatic N) is 1. The summed E-state index contributed by atoms with van der Waals surface area (Å²) in [6.45, 7) is 4.24. The van der Waals surface area contributed by atoms with Crippen LogP contribution in [-0.4, -0.2) is 25.2 Å². The van der Waals surface area contributed by atoms with E-state index in [1.807, 2.05) is 0 Å². The van der Waals surface area contributed by atoms with E-state index in [0.717, 1.165) is 38.1 Å². The molecule has 0 saturated carbocycles. The van der Waals surface area contributed by atoms with E-state index in [1.54, 1.807) is 0 Å². The minimum absolute atomic E-state index is 0.329. The molecule has 3 nitrogen and oxygen atoms in total. The maximum absolute atomic E-state index is 5.99. The third-order valence-corrected chi connectivity index (χ3v) is 3.85. The lowest BCUT2D eigenvalue weighted by atomic mass is 10.1. The molecule has 2 aliphatic heterocycles. The Hall–Kier alpha value is -1.22. The van der Waals surface area contributed by atoms with Crippen LogP contribution in [0.2, 0.25) is 0 Å². The molecule has 1 aromatic rings. The summed E-state index contributed by atoms with van der Waals surface area (Å²) in [4.78, 5) is 2.41. The molecule has 0 spiro atoms. The minimum Gasteiger partial charge on any atom is -0.490 e. The zero-order valence-corrected chi connectivity index (χ0v) is 10.4. The Bertz CT molecular complexity index is 419. The average Bonchev–Trinajstić information content (AvgIpc) is 2.93. The van der Waals surface area contributed by atoms with Crippen LogP contribution in [-0.2, 0) is 6.42 Å². The number of benzene rings is 1. The molecule has 92 valence electrons. The van der Waals surface area contributed by atoms with Crippen molar-refractivity contribution < 1.29 is 4.74 Å². The smallest absolute Gasteiger partial charge is 0.125 e. The molecule has 1 saturated heterocycles. The summed E-state index contributed by atoms with van der Waals surface area (Å²) < 4.78 is 5.93. The van der Waals surface area contributed by atoms with Gasteiger partial charge in [-0.05, 0) is 25.0 Å². The van der Waals surface area contributed by atoms with Crippen LogP contribution in [0.15, 0.2) is 18.2 Å². The van der Waals surface area contributed by atoms with Crippen LogP contribution >= 0.6 is 0 Å². The van der Waals surface area contributed by atoms with Gasteiger partial charge in [0.05, 0.1) is 0 Å². The van der Waals surface area contributed by atoms with Crippen LogP contribution in [0.4, 0.5) is 5.69 Å². The SMILES string of the molecule is CCC1Cc2c(cccc2N2CCC(N)C2)O1. The van der Waals surface area contributed by atoms with Gasteiger partial charge in [-0.25, -0.2) is 0 Å². The average molecular weight is 232 g/mol. The van der Waals surface area contributed by atoms with Crippen molar-refractivity contribution in [2.45, 2.75) is 38.3 Å². The maximum Gasteiger partial charge on any atom is 0.125 e. The van der Waals surface area contributed by atoms with Crippen molar-refractivity contribution >= 4 is 5.69 Å². The zero-order valence-electron chi connectivity index (χ0n) is 10.4. The van der Waals surface area contributed by atoms with E-state index in [9.17, 15) is 0 Å². The largest absolute Gasteiger partial charge is 0.490 e. The predicted molar refractivity (Wildman–Crippen MR) is 69.7 cm³/mol. The molecule has 2 N–H and O–H groups in total. The van der Waals surface area contributed by atoms with Gasteiger partial charge in [0, 0.05) is 36.8 Å². The highest BCUT2D eigenvalue weighted by molar-refractivity contribution is 5.61. The van der Waals surface area contributed by atoms with Crippen molar-refractivity contribution in [1.82, 2.24) is 0 Å². The van der Waals surface area contributed by atoms with Gasteiger partial charge >= 0.3 is 0 Å². The Balaban J connectivity index is 1.90. The van der Waals surface area contributed by atoms with Crippen LogP contribution in [0, 0.1) is 0 Å². The molecule has 1 fully saturated rings. The number of ether oxygens (including phenoxy) is 1. The molecule has 0 amide bonds. The molecule has 1 aromatic carbocycles. The topological polar surface area (TPSA) is 38.5 Å². The highest BCUT2D eigenvalue weighted by Crippen LogP contribution is 2.38.